The monoisotopic (exact) mass is 254 g/mol. The molecule has 0 radical (unpaired) electrons. The molecule has 2 aromatic rings. The second-order valence-electron chi connectivity index (χ2n) is 4.85. The Labute approximate surface area is 114 Å². The molecule has 98 valence electrons. The van der Waals surface area contributed by atoms with Gasteiger partial charge in [0.05, 0.1) is 12.7 Å². The Morgan fingerprint density at radius 1 is 1.05 bits per heavy atom. The van der Waals surface area contributed by atoms with E-state index in [-0.39, 0.29) is 0 Å². The Bertz CT molecular complexity index is 544. The van der Waals surface area contributed by atoms with E-state index >= 15 is 0 Å². The highest BCUT2D eigenvalue weighted by Gasteiger charge is 2.22. The van der Waals surface area contributed by atoms with Gasteiger partial charge in [-0.3, -0.25) is 0 Å². The zero-order valence-electron chi connectivity index (χ0n) is 11.1. The van der Waals surface area contributed by atoms with Gasteiger partial charge in [0, 0.05) is 6.42 Å². The number of ether oxygens (including phenoxy) is 2. The van der Waals surface area contributed by atoms with Crippen molar-refractivity contribution in [3.05, 3.63) is 59.7 Å². The molecule has 0 bridgehead atoms. The van der Waals surface area contributed by atoms with Gasteiger partial charge in [-0.1, -0.05) is 49.4 Å². The van der Waals surface area contributed by atoms with Gasteiger partial charge < -0.3 is 9.47 Å². The van der Waals surface area contributed by atoms with E-state index in [1.165, 1.54) is 11.1 Å². The molecule has 2 heterocycles. The first kappa shape index (κ1) is 12.2. The van der Waals surface area contributed by atoms with Crippen LogP contribution in [0.4, 0.5) is 0 Å². The average Bonchev–Trinajstić information content (AvgIpc) is 3.34. The number of benzene rings is 2. The molecule has 0 saturated carbocycles. The van der Waals surface area contributed by atoms with Crippen LogP contribution < -0.4 is 4.74 Å². The Kier molecular flexibility index (Phi) is 3.51. The topological polar surface area (TPSA) is 25.1 Å². The molecular formula is C17H18O2. The lowest BCUT2D eigenvalue weighted by Crippen LogP contribution is -1.90. The number of fused-ring (bicyclic) bond motifs is 1. The Hall–Kier alpha value is -1.80. The number of hydrogen-bond acceptors (Lipinski definition) is 2. The van der Waals surface area contributed by atoms with E-state index in [0.29, 0.717) is 6.10 Å². The minimum Gasteiger partial charge on any atom is -0.449 e. The van der Waals surface area contributed by atoms with Crippen molar-refractivity contribution in [1.29, 1.82) is 0 Å². The third-order valence-corrected chi connectivity index (χ3v) is 3.32. The predicted octanol–water partition coefficient (Wildman–Crippen LogP) is 3.98. The van der Waals surface area contributed by atoms with Crippen LogP contribution in [-0.2, 0) is 17.6 Å². The summed E-state index contributed by atoms with van der Waals surface area (Å²) in [6, 6.07) is 16.6. The van der Waals surface area contributed by atoms with E-state index in [2.05, 4.69) is 37.3 Å². The van der Waals surface area contributed by atoms with E-state index in [1.807, 2.05) is 18.2 Å². The predicted molar refractivity (Wildman–Crippen MR) is 75.8 cm³/mol. The number of epoxide rings is 1. The maximum absolute atomic E-state index is 5.16. The van der Waals surface area contributed by atoms with Crippen LogP contribution in [0.25, 0.3) is 0 Å². The highest BCUT2D eigenvalue weighted by Crippen LogP contribution is 2.47. The fraction of sp³-hybridized carbons (Fsp3) is 0.294. The van der Waals surface area contributed by atoms with Crippen molar-refractivity contribution >= 4 is 0 Å². The summed E-state index contributed by atoms with van der Waals surface area (Å²) in [5.41, 5.74) is 2.71. The first-order valence-electron chi connectivity index (χ1n) is 6.82. The third-order valence-electron chi connectivity index (χ3n) is 3.32. The molecule has 1 atom stereocenters. The molecule has 0 N–H and O–H groups in total. The Balaban J connectivity index is 0.000000117. The van der Waals surface area contributed by atoms with E-state index in [4.69, 9.17) is 9.47 Å². The third kappa shape index (κ3) is 3.36. The van der Waals surface area contributed by atoms with Crippen molar-refractivity contribution in [2.24, 2.45) is 0 Å². The van der Waals surface area contributed by atoms with Gasteiger partial charge in [-0.2, -0.15) is 0 Å². The van der Waals surface area contributed by atoms with E-state index < -0.39 is 0 Å². The van der Waals surface area contributed by atoms with Gasteiger partial charge in [-0.15, -0.1) is 0 Å². The van der Waals surface area contributed by atoms with Crippen LogP contribution in [0.15, 0.2) is 48.5 Å². The van der Waals surface area contributed by atoms with Gasteiger partial charge in [0.2, 0.25) is 0 Å². The summed E-state index contributed by atoms with van der Waals surface area (Å²) < 4.78 is 10.3. The summed E-state index contributed by atoms with van der Waals surface area (Å²) in [6.07, 6.45) is 2.67. The summed E-state index contributed by atoms with van der Waals surface area (Å²) in [5, 5.41) is 0. The fourth-order valence-electron chi connectivity index (χ4n) is 2.09. The first-order chi connectivity index (χ1) is 9.36. The molecule has 2 nitrogen and oxygen atoms in total. The molecule has 1 fully saturated rings. The second kappa shape index (κ2) is 5.45. The van der Waals surface area contributed by atoms with Gasteiger partial charge in [-0.25, -0.2) is 0 Å². The molecule has 4 rings (SSSR count). The van der Waals surface area contributed by atoms with Crippen molar-refractivity contribution in [3.8, 4) is 11.5 Å². The molecule has 2 aliphatic rings. The quantitative estimate of drug-likeness (QED) is 0.660. The lowest BCUT2D eigenvalue weighted by Gasteiger charge is -1.93. The molecule has 0 aliphatic carbocycles. The number of hydrogen-bond donors (Lipinski definition) is 0. The fourth-order valence-corrected chi connectivity index (χ4v) is 2.09. The number of rotatable bonds is 3. The second-order valence-corrected chi connectivity index (χ2v) is 4.85. The van der Waals surface area contributed by atoms with Gasteiger partial charge >= 0.3 is 0 Å². The van der Waals surface area contributed by atoms with Crippen LogP contribution in [0.3, 0.4) is 0 Å². The van der Waals surface area contributed by atoms with Crippen LogP contribution in [0.1, 0.15) is 18.1 Å². The molecule has 2 aromatic carbocycles. The summed E-state index contributed by atoms with van der Waals surface area (Å²) in [6.45, 7) is 3.09. The molecular weight excluding hydrogens is 236 g/mol. The van der Waals surface area contributed by atoms with Crippen LogP contribution in [0.2, 0.25) is 0 Å². The summed E-state index contributed by atoms with van der Waals surface area (Å²) in [4.78, 5) is 0. The lowest BCUT2D eigenvalue weighted by molar-refractivity contribution is 0.407. The molecule has 1 unspecified atom stereocenters. The van der Waals surface area contributed by atoms with Crippen LogP contribution in [-0.4, -0.2) is 12.7 Å². The SMILES string of the molecule is CCc1cccc2c1O2.c1ccc(CC2CO2)cc1. The van der Waals surface area contributed by atoms with Crippen molar-refractivity contribution < 1.29 is 9.47 Å². The van der Waals surface area contributed by atoms with Crippen molar-refractivity contribution in [2.45, 2.75) is 25.9 Å². The van der Waals surface area contributed by atoms with Crippen LogP contribution in [0, 0.1) is 0 Å². The smallest absolute Gasteiger partial charge is 0.173 e. The first-order valence-corrected chi connectivity index (χ1v) is 6.82. The highest BCUT2D eigenvalue weighted by atomic mass is 16.6. The molecule has 0 aromatic heterocycles. The summed E-state index contributed by atoms with van der Waals surface area (Å²) in [5.74, 6) is 2.18. The van der Waals surface area contributed by atoms with Gasteiger partial charge in [-0.05, 0) is 23.6 Å². The van der Waals surface area contributed by atoms with E-state index in [9.17, 15) is 0 Å². The zero-order chi connectivity index (χ0) is 13.1. The van der Waals surface area contributed by atoms with Gasteiger partial charge in [0.15, 0.2) is 11.5 Å². The van der Waals surface area contributed by atoms with Crippen LogP contribution >= 0.6 is 0 Å². The van der Waals surface area contributed by atoms with Crippen molar-refractivity contribution in [1.82, 2.24) is 0 Å². The van der Waals surface area contributed by atoms with E-state index in [0.717, 1.165) is 30.9 Å². The van der Waals surface area contributed by atoms with Crippen molar-refractivity contribution in [2.75, 3.05) is 6.61 Å². The number of para-hydroxylation sites is 1. The molecule has 0 amide bonds. The highest BCUT2D eigenvalue weighted by molar-refractivity contribution is 5.59. The van der Waals surface area contributed by atoms with Gasteiger partial charge in [0.1, 0.15) is 0 Å². The minimum absolute atomic E-state index is 0.516. The average molecular weight is 254 g/mol. The zero-order valence-corrected chi connectivity index (χ0v) is 11.1. The Morgan fingerprint density at radius 3 is 2.47 bits per heavy atom. The van der Waals surface area contributed by atoms with Crippen LogP contribution in [0.5, 0.6) is 11.5 Å². The molecule has 2 aliphatic heterocycles. The molecule has 0 spiro atoms. The summed E-state index contributed by atoms with van der Waals surface area (Å²) >= 11 is 0. The summed E-state index contributed by atoms with van der Waals surface area (Å²) in [7, 11) is 0. The maximum Gasteiger partial charge on any atom is 0.173 e. The van der Waals surface area contributed by atoms with Gasteiger partial charge in [0.25, 0.3) is 0 Å². The number of aryl methyl sites for hydroxylation is 1. The van der Waals surface area contributed by atoms with E-state index in [1.54, 1.807) is 0 Å². The minimum atomic E-state index is 0.516. The normalized spacial score (nSPS) is 17.6. The molecule has 1 saturated heterocycles. The van der Waals surface area contributed by atoms with Crippen molar-refractivity contribution in [3.63, 3.8) is 0 Å². The molecule has 2 heteroatoms. The largest absolute Gasteiger partial charge is 0.449 e. The maximum atomic E-state index is 5.16. The lowest BCUT2D eigenvalue weighted by atomic mass is 10.1. The standard InChI is InChI=1S/C9H10O.C8H8O/c1-2-4-8(5-3-1)6-9-7-10-9;1-2-6-4-3-5-7-8(6)9-7/h1-5,9H,6-7H2;3-5H,2H2,1H3. The molecule has 19 heavy (non-hydrogen) atoms. The Morgan fingerprint density at radius 2 is 1.84 bits per heavy atom.